The van der Waals surface area contributed by atoms with Gasteiger partial charge in [-0.1, -0.05) is 13.8 Å². The topological polar surface area (TPSA) is 0 Å². The van der Waals surface area contributed by atoms with Crippen molar-refractivity contribution < 1.29 is 0 Å². The molecule has 0 radical (unpaired) electrons. The molecule has 0 aromatic heterocycles. The largest absolute Gasteiger partial charge is 0.104 e. The Kier molecular flexibility index (Phi) is 2.16. The summed E-state index contributed by atoms with van der Waals surface area (Å²) in [5.41, 5.74) is 0. The van der Waals surface area contributed by atoms with Crippen LogP contribution in [0.4, 0.5) is 0 Å². The van der Waals surface area contributed by atoms with Gasteiger partial charge < -0.3 is 0 Å². The van der Waals surface area contributed by atoms with Gasteiger partial charge >= 0.3 is 0 Å². The second-order valence-corrected chi connectivity index (χ2v) is 6.30. The lowest BCUT2D eigenvalue weighted by molar-refractivity contribution is 0.583. The van der Waals surface area contributed by atoms with Crippen molar-refractivity contribution in [2.24, 2.45) is 0 Å². The molecule has 0 aromatic carbocycles. The average Bonchev–Trinajstić information content (AvgIpc) is 2.15. The van der Waals surface area contributed by atoms with Crippen LogP contribution in [0.1, 0.15) is 33.1 Å². The van der Waals surface area contributed by atoms with E-state index in [4.69, 9.17) is 0 Å². The number of hydrogen-bond donors (Lipinski definition) is 0. The summed E-state index contributed by atoms with van der Waals surface area (Å²) in [6.45, 7) is 7.27. The van der Waals surface area contributed by atoms with Gasteiger partial charge in [-0.25, -0.2) is 0 Å². The Morgan fingerprint density at radius 1 is 1.56 bits per heavy atom. The molecule has 1 aliphatic heterocycles. The fraction of sp³-hybridized carbons (Fsp3) is 1.00. The summed E-state index contributed by atoms with van der Waals surface area (Å²) < 4.78 is 0. The summed E-state index contributed by atoms with van der Waals surface area (Å²) in [6, 6.07) is 0. The maximum atomic E-state index is 2.46. The van der Waals surface area contributed by atoms with Gasteiger partial charge in [-0.15, -0.1) is 7.92 Å². The van der Waals surface area contributed by atoms with Gasteiger partial charge in [-0.05, 0) is 37.2 Å². The van der Waals surface area contributed by atoms with Crippen LogP contribution in [-0.4, -0.2) is 18.0 Å². The van der Waals surface area contributed by atoms with E-state index in [-0.39, 0.29) is 0 Å². The second-order valence-electron chi connectivity index (χ2n) is 3.38. The first-order valence-electron chi connectivity index (χ1n) is 3.90. The Morgan fingerprint density at radius 3 is 2.44 bits per heavy atom. The zero-order chi connectivity index (χ0) is 6.91. The van der Waals surface area contributed by atoms with Crippen LogP contribution in [0.25, 0.3) is 0 Å². The highest BCUT2D eigenvalue weighted by Gasteiger charge is 2.32. The molecule has 0 amide bonds. The predicted octanol–water partition coefficient (Wildman–Crippen LogP) is 3.06. The summed E-state index contributed by atoms with van der Waals surface area (Å²) in [4.78, 5) is 0. The smallest absolute Gasteiger partial charge is 0.0128 e. The van der Waals surface area contributed by atoms with E-state index in [1.54, 1.807) is 0 Å². The van der Waals surface area contributed by atoms with Crippen molar-refractivity contribution in [1.29, 1.82) is 0 Å². The van der Waals surface area contributed by atoms with Crippen LogP contribution in [0.2, 0.25) is 0 Å². The summed E-state index contributed by atoms with van der Waals surface area (Å²) in [5.74, 6) is 0. The molecule has 0 spiro atoms. The molecule has 1 rings (SSSR count). The minimum Gasteiger partial charge on any atom is -0.104 e. The molecule has 54 valence electrons. The standard InChI is InChI=1S/C8H17P/c1-4-8(2)6-5-7-9(8)3/h4-7H2,1-3H3. The Labute approximate surface area is 59.8 Å². The highest BCUT2D eigenvalue weighted by molar-refractivity contribution is 7.58. The molecule has 0 nitrogen and oxygen atoms in total. The SMILES string of the molecule is CCC1(C)CCCP1C. The van der Waals surface area contributed by atoms with Gasteiger partial charge in [0.15, 0.2) is 0 Å². The monoisotopic (exact) mass is 144 g/mol. The fourth-order valence-electron chi connectivity index (χ4n) is 1.60. The van der Waals surface area contributed by atoms with Gasteiger partial charge in [0, 0.05) is 0 Å². The summed E-state index contributed by atoms with van der Waals surface area (Å²) in [6.07, 6.45) is 5.91. The fourth-order valence-corrected chi connectivity index (χ4v) is 3.86. The molecule has 1 heteroatoms. The summed E-state index contributed by atoms with van der Waals surface area (Å²) in [7, 11) is 0.389. The van der Waals surface area contributed by atoms with Gasteiger partial charge in [0.1, 0.15) is 0 Å². The van der Waals surface area contributed by atoms with Gasteiger partial charge in [0.05, 0.1) is 0 Å². The Balaban J connectivity index is 2.56. The first-order valence-corrected chi connectivity index (χ1v) is 5.88. The molecule has 9 heavy (non-hydrogen) atoms. The van der Waals surface area contributed by atoms with Gasteiger partial charge in [-0.3, -0.25) is 0 Å². The predicted molar refractivity (Wildman–Crippen MR) is 45.6 cm³/mol. The lowest BCUT2D eigenvalue weighted by Gasteiger charge is -2.27. The molecule has 1 fully saturated rings. The lowest BCUT2D eigenvalue weighted by Crippen LogP contribution is -2.15. The second kappa shape index (κ2) is 2.58. The molecule has 1 aliphatic rings. The molecular formula is C8H17P. The minimum absolute atomic E-state index is 0.389. The normalized spacial score (nSPS) is 43.7. The van der Waals surface area contributed by atoms with E-state index in [9.17, 15) is 0 Å². The van der Waals surface area contributed by atoms with Gasteiger partial charge in [-0.2, -0.15) is 0 Å². The summed E-state index contributed by atoms with van der Waals surface area (Å²) in [5, 5.41) is 0.759. The van der Waals surface area contributed by atoms with Gasteiger partial charge in [0.25, 0.3) is 0 Å². The maximum Gasteiger partial charge on any atom is -0.0128 e. The van der Waals surface area contributed by atoms with Crippen LogP contribution in [0.15, 0.2) is 0 Å². The van der Waals surface area contributed by atoms with E-state index < -0.39 is 0 Å². The van der Waals surface area contributed by atoms with Crippen LogP contribution in [-0.2, 0) is 0 Å². The van der Waals surface area contributed by atoms with Crippen molar-refractivity contribution in [2.75, 3.05) is 12.8 Å². The Morgan fingerprint density at radius 2 is 2.22 bits per heavy atom. The molecule has 1 saturated heterocycles. The quantitative estimate of drug-likeness (QED) is 0.496. The van der Waals surface area contributed by atoms with E-state index in [0.29, 0.717) is 7.92 Å². The molecule has 0 aromatic rings. The maximum absolute atomic E-state index is 2.46. The van der Waals surface area contributed by atoms with Crippen molar-refractivity contribution in [2.45, 2.75) is 38.3 Å². The molecule has 0 saturated carbocycles. The average molecular weight is 144 g/mol. The van der Waals surface area contributed by atoms with Crippen molar-refractivity contribution in [1.82, 2.24) is 0 Å². The van der Waals surface area contributed by atoms with Crippen molar-refractivity contribution in [3.8, 4) is 0 Å². The summed E-state index contributed by atoms with van der Waals surface area (Å²) >= 11 is 0. The molecule has 1 heterocycles. The highest BCUT2D eigenvalue weighted by Crippen LogP contribution is 2.56. The molecule has 2 unspecified atom stereocenters. The van der Waals surface area contributed by atoms with Crippen LogP contribution < -0.4 is 0 Å². The molecule has 2 atom stereocenters. The Bertz CT molecular complexity index is 101. The zero-order valence-corrected chi connectivity index (χ0v) is 7.67. The van der Waals surface area contributed by atoms with E-state index in [1.807, 2.05) is 0 Å². The third-order valence-electron chi connectivity index (χ3n) is 2.89. The number of hydrogen-bond acceptors (Lipinski definition) is 0. The van der Waals surface area contributed by atoms with Crippen LogP contribution in [0.5, 0.6) is 0 Å². The minimum atomic E-state index is 0.389. The van der Waals surface area contributed by atoms with Crippen LogP contribution in [0.3, 0.4) is 0 Å². The van der Waals surface area contributed by atoms with E-state index in [1.165, 1.54) is 25.4 Å². The first-order chi connectivity index (χ1) is 4.19. The van der Waals surface area contributed by atoms with E-state index >= 15 is 0 Å². The van der Waals surface area contributed by atoms with Crippen LogP contribution >= 0.6 is 7.92 Å². The third kappa shape index (κ3) is 1.29. The van der Waals surface area contributed by atoms with E-state index in [0.717, 1.165) is 5.16 Å². The first kappa shape index (κ1) is 7.54. The zero-order valence-electron chi connectivity index (χ0n) is 6.78. The lowest BCUT2D eigenvalue weighted by atomic mass is 10.0. The Hall–Kier alpha value is 0.430. The van der Waals surface area contributed by atoms with Crippen molar-refractivity contribution in [3.05, 3.63) is 0 Å². The molecular weight excluding hydrogens is 127 g/mol. The molecule has 0 aliphatic carbocycles. The van der Waals surface area contributed by atoms with Crippen molar-refractivity contribution in [3.63, 3.8) is 0 Å². The van der Waals surface area contributed by atoms with Gasteiger partial charge in [0.2, 0.25) is 0 Å². The van der Waals surface area contributed by atoms with Crippen LogP contribution in [0, 0.1) is 0 Å². The van der Waals surface area contributed by atoms with E-state index in [2.05, 4.69) is 20.5 Å². The molecule has 0 bridgehead atoms. The highest BCUT2D eigenvalue weighted by atomic mass is 31.1. The number of rotatable bonds is 1. The van der Waals surface area contributed by atoms with Crippen molar-refractivity contribution >= 4 is 7.92 Å². The molecule has 0 N–H and O–H groups in total. The third-order valence-corrected chi connectivity index (χ3v) is 6.26.